The number of thiazole rings is 1. The van der Waals surface area contributed by atoms with E-state index in [0.29, 0.717) is 37.2 Å². The predicted molar refractivity (Wildman–Crippen MR) is 103 cm³/mol. The molecule has 0 N–H and O–H groups in total. The predicted octanol–water partition coefficient (Wildman–Crippen LogP) is 1.71. The zero-order chi connectivity index (χ0) is 19.3. The molecule has 0 saturated carbocycles. The molecule has 9 heteroatoms. The summed E-state index contributed by atoms with van der Waals surface area (Å²) in [5, 5.41) is 1.79. The van der Waals surface area contributed by atoms with Gasteiger partial charge in [-0.3, -0.25) is 9.59 Å². The van der Waals surface area contributed by atoms with Gasteiger partial charge in [-0.15, -0.1) is 11.3 Å². The molecule has 0 radical (unpaired) electrons. The Morgan fingerprint density at radius 3 is 2.68 bits per heavy atom. The van der Waals surface area contributed by atoms with Crippen molar-refractivity contribution in [2.24, 2.45) is 11.8 Å². The molecule has 2 amide bonds. The molecule has 2 aliphatic rings. The van der Waals surface area contributed by atoms with E-state index in [-0.39, 0.29) is 17.7 Å². The van der Waals surface area contributed by atoms with Crippen molar-refractivity contribution in [3.8, 4) is 6.01 Å². The fraction of sp³-hybridized carbons (Fsp3) is 0.526. The van der Waals surface area contributed by atoms with Crippen LogP contribution in [-0.4, -0.2) is 69.4 Å². The van der Waals surface area contributed by atoms with Crippen LogP contribution < -0.4 is 4.74 Å². The fourth-order valence-electron chi connectivity index (χ4n) is 3.80. The first-order chi connectivity index (χ1) is 13.7. The van der Waals surface area contributed by atoms with Gasteiger partial charge in [-0.1, -0.05) is 0 Å². The number of aromatic nitrogens is 3. The number of ether oxygens (including phenoxy) is 1. The molecular weight excluding hydrogens is 378 g/mol. The third kappa shape index (κ3) is 4.46. The first-order valence-corrected chi connectivity index (χ1v) is 10.5. The van der Waals surface area contributed by atoms with Crippen molar-refractivity contribution in [3.05, 3.63) is 35.0 Å². The molecule has 0 aliphatic carbocycles. The van der Waals surface area contributed by atoms with E-state index in [1.54, 1.807) is 29.4 Å². The highest BCUT2D eigenvalue weighted by Gasteiger charge is 2.33. The molecule has 2 saturated heterocycles. The Hall–Kier alpha value is -2.55. The molecule has 0 bridgehead atoms. The van der Waals surface area contributed by atoms with Gasteiger partial charge in [-0.05, 0) is 24.8 Å². The van der Waals surface area contributed by atoms with Crippen LogP contribution >= 0.6 is 11.3 Å². The molecular formula is C19H23N5O3S. The van der Waals surface area contributed by atoms with Crippen LogP contribution in [0.25, 0.3) is 0 Å². The number of hydrogen-bond acceptors (Lipinski definition) is 7. The number of likely N-dealkylation sites (tertiary alicyclic amines) is 2. The Morgan fingerprint density at radius 2 is 1.96 bits per heavy atom. The van der Waals surface area contributed by atoms with Crippen LogP contribution in [-0.2, 0) is 4.79 Å². The van der Waals surface area contributed by atoms with Crippen molar-refractivity contribution < 1.29 is 14.3 Å². The van der Waals surface area contributed by atoms with Gasteiger partial charge in [0.05, 0.1) is 12.1 Å². The SMILES string of the molecule is O=C1CC(COc2ncccn2)CN1CC1CCN(C(=O)c2cscn2)CC1. The van der Waals surface area contributed by atoms with E-state index in [1.165, 1.54) is 11.3 Å². The summed E-state index contributed by atoms with van der Waals surface area (Å²) in [7, 11) is 0. The summed E-state index contributed by atoms with van der Waals surface area (Å²) in [6.07, 6.45) is 5.62. The van der Waals surface area contributed by atoms with Crippen LogP contribution in [0.15, 0.2) is 29.4 Å². The Bertz CT molecular complexity index is 793. The van der Waals surface area contributed by atoms with Crippen LogP contribution in [0.4, 0.5) is 0 Å². The molecule has 28 heavy (non-hydrogen) atoms. The average molecular weight is 401 g/mol. The minimum atomic E-state index is 0.0114. The molecule has 2 aromatic heterocycles. The lowest BCUT2D eigenvalue weighted by Gasteiger charge is -2.33. The van der Waals surface area contributed by atoms with Gasteiger partial charge < -0.3 is 14.5 Å². The third-order valence-electron chi connectivity index (χ3n) is 5.32. The number of amides is 2. The molecule has 8 nitrogen and oxygen atoms in total. The quantitative estimate of drug-likeness (QED) is 0.732. The van der Waals surface area contributed by atoms with Crippen LogP contribution in [0.2, 0.25) is 0 Å². The molecule has 4 rings (SSSR count). The minimum absolute atomic E-state index is 0.0114. The van der Waals surface area contributed by atoms with Gasteiger partial charge in [0.2, 0.25) is 5.91 Å². The first kappa shape index (κ1) is 18.8. The van der Waals surface area contributed by atoms with Gasteiger partial charge in [0.15, 0.2) is 0 Å². The highest BCUT2D eigenvalue weighted by Crippen LogP contribution is 2.25. The van der Waals surface area contributed by atoms with Crippen molar-refractivity contribution in [3.63, 3.8) is 0 Å². The summed E-state index contributed by atoms with van der Waals surface area (Å²) in [5.41, 5.74) is 2.21. The molecule has 2 aliphatic heterocycles. The second kappa shape index (κ2) is 8.64. The minimum Gasteiger partial charge on any atom is -0.463 e. The van der Waals surface area contributed by atoms with E-state index >= 15 is 0 Å². The molecule has 0 spiro atoms. The van der Waals surface area contributed by atoms with Gasteiger partial charge in [0.25, 0.3) is 5.91 Å². The van der Waals surface area contributed by atoms with Crippen molar-refractivity contribution in [1.82, 2.24) is 24.8 Å². The molecule has 4 heterocycles. The Morgan fingerprint density at radius 1 is 1.18 bits per heavy atom. The monoisotopic (exact) mass is 401 g/mol. The van der Waals surface area contributed by atoms with Crippen molar-refractivity contribution in [2.75, 3.05) is 32.8 Å². The average Bonchev–Trinajstić information content (AvgIpc) is 3.38. The highest BCUT2D eigenvalue weighted by atomic mass is 32.1. The van der Waals surface area contributed by atoms with Crippen LogP contribution in [0.5, 0.6) is 6.01 Å². The standard InChI is InChI=1S/C19H23N5O3S/c25-17-8-15(11-27-19-20-4-1-5-21-19)10-24(17)9-14-2-6-23(7-3-14)18(26)16-12-28-13-22-16/h1,4-5,12-15H,2-3,6-11H2. The number of piperidine rings is 1. The van der Waals surface area contributed by atoms with E-state index in [2.05, 4.69) is 15.0 Å². The van der Waals surface area contributed by atoms with E-state index in [0.717, 1.165) is 32.5 Å². The first-order valence-electron chi connectivity index (χ1n) is 9.54. The largest absolute Gasteiger partial charge is 0.463 e. The second-order valence-electron chi connectivity index (χ2n) is 7.32. The van der Waals surface area contributed by atoms with E-state index in [9.17, 15) is 9.59 Å². The van der Waals surface area contributed by atoms with Crippen LogP contribution in [0.3, 0.4) is 0 Å². The van der Waals surface area contributed by atoms with Crippen molar-refractivity contribution >= 4 is 23.2 Å². The van der Waals surface area contributed by atoms with Gasteiger partial charge in [0.1, 0.15) is 5.69 Å². The van der Waals surface area contributed by atoms with E-state index in [4.69, 9.17) is 4.74 Å². The smallest absolute Gasteiger partial charge is 0.316 e. The van der Waals surface area contributed by atoms with Gasteiger partial charge in [0, 0.05) is 56.3 Å². The third-order valence-corrected chi connectivity index (χ3v) is 5.90. The molecule has 1 unspecified atom stereocenters. The fourth-order valence-corrected chi connectivity index (χ4v) is 4.33. The molecule has 2 aromatic rings. The maximum atomic E-state index is 12.4. The summed E-state index contributed by atoms with van der Waals surface area (Å²) in [5.74, 6) is 0.795. The summed E-state index contributed by atoms with van der Waals surface area (Å²) < 4.78 is 5.60. The number of rotatable bonds is 6. The normalized spacial score (nSPS) is 20.6. The zero-order valence-corrected chi connectivity index (χ0v) is 16.4. The molecule has 148 valence electrons. The summed E-state index contributed by atoms with van der Waals surface area (Å²) in [6.45, 7) is 3.37. The number of nitrogens with zero attached hydrogens (tertiary/aromatic N) is 5. The summed E-state index contributed by atoms with van der Waals surface area (Å²) in [4.78, 5) is 40.7. The number of carbonyl (C=O) groups excluding carboxylic acids is 2. The van der Waals surface area contributed by atoms with Crippen LogP contribution in [0.1, 0.15) is 29.8 Å². The number of hydrogen-bond donors (Lipinski definition) is 0. The Labute approximate surface area is 167 Å². The van der Waals surface area contributed by atoms with Crippen LogP contribution in [0, 0.1) is 11.8 Å². The lowest BCUT2D eigenvalue weighted by Crippen LogP contribution is -2.42. The summed E-state index contributed by atoms with van der Waals surface area (Å²) in [6, 6.07) is 2.09. The zero-order valence-electron chi connectivity index (χ0n) is 15.6. The van der Waals surface area contributed by atoms with Gasteiger partial charge in [-0.2, -0.15) is 0 Å². The number of carbonyl (C=O) groups is 2. The van der Waals surface area contributed by atoms with Crippen molar-refractivity contribution in [1.29, 1.82) is 0 Å². The highest BCUT2D eigenvalue weighted by molar-refractivity contribution is 7.07. The maximum Gasteiger partial charge on any atom is 0.316 e. The maximum absolute atomic E-state index is 12.4. The van der Waals surface area contributed by atoms with E-state index in [1.807, 2.05) is 9.80 Å². The lowest BCUT2D eigenvalue weighted by molar-refractivity contribution is -0.128. The van der Waals surface area contributed by atoms with Crippen molar-refractivity contribution in [2.45, 2.75) is 19.3 Å². The second-order valence-corrected chi connectivity index (χ2v) is 8.04. The Balaban J connectivity index is 1.22. The van der Waals surface area contributed by atoms with E-state index < -0.39 is 0 Å². The molecule has 1 atom stereocenters. The summed E-state index contributed by atoms with van der Waals surface area (Å²) >= 11 is 1.44. The van der Waals surface area contributed by atoms with Gasteiger partial charge >= 0.3 is 6.01 Å². The Kier molecular flexibility index (Phi) is 5.80. The molecule has 2 fully saturated rings. The molecule has 0 aromatic carbocycles. The van der Waals surface area contributed by atoms with Gasteiger partial charge in [-0.25, -0.2) is 15.0 Å². The topological polar surface area (TPSA) is 88.5 Å². The lowest BCUT2D eigenvalue weighted by atomic mass is 9.96.